The van der Waals surface area contributed by atoms with Gasteiger partial charge in [0.15, 0.2) is 0 Å². The molecule has 20 heavy (non-hydrogen) atoms. The van der Waals surface area contributed by atoms with Crippen LogP contribution in [0.25, 0.3) is 0 Å². The van der Waals surface area contributed by atoms with Crippen molar-refractivity contribution in [3.8, 4) is 0 Å². The quantitative estimate of drug-likeness (QED) is 0.926. The minimum Gasteiger partial charge on any atom is -0.378 e. The molecule has 2 fully saturated rings. The van der Waals surface area contributed by atoms with Crippen LogP contribution in [0.1, 0.15) is 43.0 Å². The summed E-state index contributed by atoms with van der Waals surface area (Å²) in [6, 6.07) is 4.55. The molecule has 1 aromatic rings. The summed E-state index contributed by atoms with van der Waals surface area (Å²) in [6.45, 7) is 2.47. The Balaban J connectivity index is 1.48. The van der Waals surface area contributed by atoms with E-state index in [0.29, 0.717) is 6.10 Å². The number of amides is 2. The van der Waals surface area contributed by atoms with Crippen molar-refractivity contribution in [3.63, 3.8) is 0 Å². The van der Waals surface area contributed by atoms with Gasteiger partial charge in [0.25, 0.3) is 0 Å². The average Bonchev–Trinajstić information content (AvgIpc) is 3.19. The SMILES string of the molecule is O=C(NCC[C@H]1CCCO1)N1CCC[C@H]1c1cccs1. The van der Waals surface area contributed by atoms with Crippen molar-refractivity contribution >= 4 is 17.4 Å². The van der Waals surface area contributed by atoms with E-state index >= 15 is 0 Å². The van der Waals surface area contributed by atoms with Gasteiger partial charge in [0.05, 0.1) is 12.1 Å². The van der Waals surface area contributed by atoms with Gasteiger partial charge in [0, 0.05) is 24.6 Å². The largest absolute Gasteiger partial charge is 0.378 e. The highest BCUT2D eigenvalue weighted by atomic mass is 32.1. The smallest absolute Gasteiger partial charge is 0.317 e. The lowest BCUT2D eigenvalue weighted by Crippen LogP contribution is -2.40. The van der Waals surface area contributed by atoms with Crippen molar-refractivity contribution in [1.29, 1.82) is 0 Å². The number of hydrogen-bond donors (Lipinski definition) is 1. The van der Waals surface area contributed by atoms with Gasteiger partial charge >= 0.3 is 6.03 Å². The van der Waals surface area contributed by atoms with Crippen LogP contribution < -0.4 is 5.32 Å². The Morgan fingerprint density at radius 1 is 1.45 bits per heavy atom. The molecule has 0 bridgehead atoms. The second-order valence-corrected chi connectivity index (χ2v) is 6.50. The number of carbonyl (C=O) groups is 1. The van der Waals surface area contributed by atoms with Crippen molar-refractivity contribution in [2.24, 2.45) is 0 Å². The monoisotopic (exact) mass is 294 g/mol. The van der Waals surface area contributed by atoms with Gasteiger partial charge in [-0.05, 0) is 43.6 Å². The molecule has 2 amide bonds. The van der Waals surface area contributed by atoms with E-state index in [9.17, 15) is 4.79 Å². The topological polar surface area (TPSA) is 41.6 Å². The predicted octanol–water partition coefficient (Wildman–Crippen LogP) is 3.16. The van der Waals surface area contributed by atoms with Gasteiger partial charge in [0.2, 0.25) is 0 Å². The Bertz CT molecular complexity index is 429. The molecule has 0 spiro atoms. The van der Waals surface area contributed by atoms with Gasteiger partial charge in [-0.2, -0.15) is 0 Å². The van der Waals surface area contributed by atoms with Crippen LogP contribution in [0.4, 0.5) is 4.79 Å². The fourth-order valence-electron chi connectivity index (χ4n) is 3.10. The number of thiophene rings is 1. The lowest BCUT2D eigenvalue weighted by Gasteiger charge is -2.24. The number of hydrogen-bond acceptors (Lipinski definition) is 3. The zero-order valence-corrected chi connectivity index (χ0v) is 12.5. The Labute approximate surface area is 124 Å². The summed E-state index contributed by atoms with van der Waals surface area (Å²) < 4.78 is 5.58. The Kier molecular flexibility index (Phi) is 4.58. The van der Waals surface area contributed by atoms with Gasteiger partial charge < -0.3 is 15.0 Å². The molecule has 2 aliphatic rings. The first-order chi connectivity index (χ1) is 9.84. The van der Waals surface area contributed by atoms with Gasteiger partial charge in [0.1, 0.15) is 0 Å². The van der Waals surface area contributed by atoms with Gasteiger partial charge in [-0.1, -0.05) is 6.07 Å². The maximum absolute atomic E-state index is 12.3. The Morgan fingerprint density at radius 3 is 3.15 bits per heavy atom. The second kappa shape index (κ2) is 6.59. The summed E-state index contributed by atoms with van der Waals surface area (Å²) in [5.74, 6) is 0. The summed E-state index contributed by atoms with van der Waals surface area (Å²) in [5.41, 5.74) is 0. The average molecular weight is 294 g/mol. The van der Waals surface area contributed by atoms with Crippen molar-refractivity contribution in [1.82, 2.24) is 10.2 Å². The van der Waals surface area contributed by atoms with E-state index in [1.165, 1.54) is 4.88 Å². The summed E-state index contributed by atoms with van der Waals surface area (Å²) in [5, 5.41) is 5.14. The molecule has 0 radical (unpaired) electrons. The molecule has 2 aliphatic heterocycles. The van der Waals surface area contributed by atoms with Crippen LogP contribution in [0, 0.1) is 0 Å². The normalized spacial score (nSPS) is 26.1. The molecule has 5 heteroatoms. The minimum absolute atomic E-state index is 0.0823. The van der Waals surface area contributed by atoms with E-state index in [4.69, 9.17) is 4.74 Å². The second-order valence-electron chi connectivity index (χ2n) is 5.52. The van der Waals surface area contributed by atoms with Crippen LogP contribution in [0.5, 0.6) is 0 Å². The highest BCUT2D eigenvalue weighted by Crippen LogP contribution is 2.34. The zero-order chi connectivity index (χ0) is 13.8. The number of nitrogens with zero attached hydrogens (tertiary/aromatic N) is 1. The molecule has 3 heterocycles. The van der Waals surface area contributed by atoms with Crippen molar-refractivity contribution in [3.05, 3.63) is 22.4 Å². The predicted molar refractivity (Wildman–Crippen MR) is 80.0 cm³/mol. The molecular formula is C15H22N2O2S. The number of rotatable bonds is 4. The third-order valence-corrected chi connectivity index (χ3v) is 5.13. The first-order valence-electron chi connectivity index (χ1n) is 7.54. The van der Waals surface area contributed by atoms with Crippen molar-refractivity contribution in [2.75, 3.05) is 19.7 Å². The van der Waals surface area contributed by atoms with Crippen LogP contribution in [-0.2, 0) is 4.74 Å². The maximum atomic E-state index is 12.3. The number of urea groups is 1. The molecule has 0 aliphatic carbocycles. The van der Waals surface area contributed by atoms with Gasteiger partial charge in [-0.3, -0.25) is 0 Å². The summed E-state index contributed by atoms with van der Waals surface area (Å²) in [6.07, 6.45) is 5.76. The first-order valence-corrected chi connectivity index (χ1v) is 8.42. The fraction of sp³-hybridized carbons (Fsp3) is 0.667. The van der Waals surface area contributed by atoms with Crippen LogP contribution in [0.2, 0.25) is 0 Å². The maximum Gasteiger partial charge on any atom is 0.317 e. The first kappa shape index (κ1) is 13.9. The third kappa shape index (κ3) is 3.15. The lowest BCUT2D eigenvalue weighted by molar-refractivity contribution is 0.104. The Morgan fingerprint density at radius 2 is 2.40 bits per heavy atom. The molecular weight excluding hydrogens is 272 g/mol. The highest BCUT2D eigenvalue weighted by molar-refractivity contribution is 7.10. The van der Waals surface area contributed by atoms with Gasteiger partial charge in [-0.25, -0.2) is 4.79 Å². The highest BCUT2D eigenvalue weighted by Gasteiger charge is 2.30. The van der Waals surface area contributed by atoms with E-state index < -0.39 is 0 Å². The van der Waals surface area contributed by atoms with E-state index in [0.717, 1.165) is 51.8 Å². The number of ether oxygens (including phenoxy) is 1. The molecule has 0 aromatic carbocycles. The minimum atomic E-state index is 0.0823. The molecule has 0 saturated carbocycles. The fourth-order valence-corrected chi connectivity index (χ4v) is 3.97. The van der Waals surface area contributed by atoms with Crippen molar-refractivity contribution in [2.45, 2.75) is 44.2 Å². The summed E-state index contributed by atoms with van der Waals surface area (Å²) in [4.78, 5) is 15.6. The van der Waals surface area contributed by atoms with Crippen LogP contribution >= 0.6 is 11.3 Å². The molecule has 0 unspecified atom stereocenters. The molecule has 110 valence electrons. The van der Waals surface area contributed by atoms with E-state index in [2.05, 4.69) is 22.8 Å². The van der Waals surface area contributed by atoms with Gasteiger partial charge in [-0.15, -0.1) is 11.3 Å². The molecule has 1 aromatic heterocycles. The standard InChI is InChI=1S/C15H22N2O2S/c18-15(16-8-7-12-4-2-10-19-12)17-9-1-5-13(17)14-6-3-11-20-14/h3,6,11-13H,1-2,4-5,7-10H2,(H,16,18)/t12-,13+/m1/s1. The van der Waals surface area contributed by atoms with Crippen molar-refractivity contribution < 1.29 is 9.53 Å². The van der Waals surface area contributed by atoms with E-state index in [-0.39, 0.29) is 12.1 Å². The molecule has 3 rings (SSSR count). The van der Waals surface area contributed by atoms with Crippen LogP contribution in [0.3, 0.4) is 0 Å². The molecule has 2 atom stereocenters. The zero-order valence-electron chi connectivity index (χ0n) is 11.7. The summed E-state index contributed by atoms with van der Waals surface area (Å²) in [7, 11) is 0. The molecule has 2 saturated heterocycles. The molecule has 1 N–H and O–H groups in total. The van der Waals surface area contributed by atoms with E-state index in [1.54, 1.807) is 11.3 Å². The van der Waals surface area contributed by atoms with Crippen LogP contribution in [-0.4, -0.2) is 36.7 Å². The number of nitrogens with one attached hydrogen (secondary N) is 1. The molecule has 4 nitrogen and oxygen atoms in total. The number of carbonyl (C=O) groups excluding carboxylic acids is 1. The number of likely N-dealkylation sites (tertiary alicyclic amines) is 1. The summed E-state index contributed by atoms with van der Waals surface area (Å²) >= 11 is 1.74. The third-order valence-electron chi connectivity index (χ3n) is 4.15. The lowest BCUT2D eigenvalue weighted by atomic mass is 10.2. The van der Waals surface area contributed by atoms with E-state index in [1.807, 2.05) is 4.90 Å². The van der Waals surface area contributed by atoms with Crippen LogP contribution in [0.15, 0.2) is 17.5 Å². The Hall–Kier alpha value is -1.07.